The van der Waals surface area contributed by atoms with Gasteiger partial charge in [0.1, 0.15) is 5.37 Å². The fourth-order valence-electron chi connectivity index (χ4n) is 2.69. The van der Waals surface area contributed by atoms with Gasteiger partial charge in [0, 0.05) is 49.2 Å². The van der Waals surface area contributed by atoms with E-state index in [2.05, 4.69) is 12.0 Å². The molecule has 2 N–H and O–H groups in total. The van der Waals surface area contributed by atoms with E-state index in [0.29, 0.717) is 12.3 Å². The Bertz CT molecular complexity index is 558. The van der Waals surface area contributed by atoms with Crippen molar-refractivity contribution in [2.24, 2.45) is 5.73 Å². The van der Waals surface area contributed by atoms with E-state index in [0.717, 1.165) is 30.8 Å². The normalized spacial score (nSPS) is 22.3. The lowest BCUT2D eigenvalue weighted by atomic mass is 10.1. The average molecular weight is 332 g/mol. The van der Waals surface area contributed by atoms with Gasteiger partial charge in [-0.25, -0.2) is 8.42 Å². The third kappa shape index (κ3) is 4.00. The first-order valence-electron chi connectivity index (χ1n) is 7.22. The molecule has 2 atom stereocenters. The molecule has 6 nitrogen and oxygen atoms in total. The van der Waals surface area contributed by atoms with Crippen molar-refractivity contribution < 1.29 is 8.42 Å². The smallest absolute Gasteiger partial charge is 0.164 e. The third-order valence-corrected chi connectivity index (χ3v) is 6.39. The molecular formula is C13H24N4O2S2. The second kappa shape index (κ2) is 7.13. The molecule has 0 bridgehead atoms. The van der Waals surface area contributed by atoms with E-state index >= 15 is 0 Å². The van der Waals surface area contributed by atoms with E-state index in [4.69, 9.17) is 5.73 Å². The first-order valence-corrected chi connectivity index (χ1v) is 10.3. The van der Waals surface area contributed by atoms with Crippen molar-refractivity contribution in [3.63, 3.8) is 0 Å². The summed E-state index contributed by atoms with van der Waals surface area (Å²) in [5.74, 6) is 1.55. The number of hydrogen-bond donors (Lipinski definition) is 1. The zero-order chi connectivity index (χ0) is 15.5. The Morgan fingerprint density at radius 2 is 2.33 bits per heavy atom. The highest BCUT2D eigenvalue weighted by Gasteiger charge is 2.35. The molecular weight excluding hydrogens is 308 g/mol. The summed E-state index contributed by atoms with van der Waals surface area (Å²) in [4.78, 5) is 2.03. The number of sulfone groups is 1. The van der Waals surface area contributed by atoms with Crippen LogP contribution in [0.1, 0.15) is 24.9 Å². The summed E-state index contributed by atoms with van der Waals surface area (Å²) in [5.41, 5.74) is 6.95. The predicted molar refractivity (Wildman–Crippen MR) is 87.0 cm³/mol. The number of aryl methyl sites for hydroxylation is 1. The molecule has 2 rings (SSSR count). The Balaban J connectivity index is 2.25. The maximum atomic E-state index is 12.0. The van der Waals surface area contributed by atoms with Gasteiger partial charge in [-0.1, -0.05) is 6.92 Å². The number of nitrogens with two attached hydrogens (primary N) is 1. The first kappa shape index (κ1) is 16.8. The van der Waals surface area contributed by atoms with Crippen LogP contribution in [0.15, 0.2) is 12.4 Å². The van der Waals surface area contributed by atoms with E-state index in [-0.39, 0.29) is 6.04 Å². The molecule has 1 aliphatic heterocycles. The predicted octanol–water partition coefficient (Wildman–Crippen LogP) is 0.712. The zero-order valence-electron chi connectivity index (χ0n) is 12.6. The van der Waals surface area contributed by atoms with Crippen molar-refractivity contribution in [1.29, 1.82) is 0 Å². The van der Waals surface area contributed by atoms with Gasteiger partial charge in [-0.15, -0.1) is 0 Å². The van der Waals surface area contributed by atoms with Gasteiger partial charge in [-0.05, 0) is 6.42 Å². The van der Waals surface area contributed by atoms with Crippen LogP contribution in [-0.2, 0) is 16.4 Å². The highest BCUT2D eigenvalue weighted by Crippen LogP contribution is 2.29. The molecule has 0 amide bonds. The highest BCUT2D eigenvalue weighted by molar-refractivity contribution is 8.00. The van der Waals surface area contributed by atoms with Gasteiger partial charge in [0.15, 0.2) is 9.84 Å². The molecule has 1 saturated heterocycles. The maximum Gasteiger partial charge on any atom is 0.164 e. The maximum absolute atomic E-state index is 12.0. The summed E-state index contributed by atoms with van der Waals surface area (Å²) in [6.45, 7) is 4.10. The molecule has 120 valence electrons. The van der Waals surface area contributed by atoms with Crippen LogP contribution in [0.2, 0.25) is 0 Å². The van der Waals surface area contributed by atoms with E-state index in [1.807, 2.05) is 22.0 Å². The molecule has 0 saturated carbocycles. The van der Waals surface area contributed by atoms with Gasteiger partial charge < -0.3 is 5.73 Å². The lowest BCUT2D eigenvalue weighted by Crippen LogP contribution is -2.50. The average Bonchev–Trinajstić information content (AvgIpc) is 2.88. The summed E-state index contributed by atoms with van der Waals surface area (Å²) >= 11 is 1.69. The van der Waals surface area contributed by atoms with Crippen LogP contribution in [-0.4, -0.2) is 59.3 Å². The minimum Gasteiger partial charge on any atom is -0.329 e. The second-order valence-corrected chi connectivity index (χ2v) is 8.74. The van der Waals surface area contributed by atoms with Gasteiger partial charge in [-0.3, -0.25) is 9.58 Å². The quantitative estimate of drug-likeness (QED) is 0.826. The fraction of sp³-hybridized carbons (Fsp3) is 0.769. The van der Waals surface area contributed by atoms with Gasteiger partial charge in [0.2, 0.25) is 0 Å². The summed E-state index contributed by atoms with van der Waals surface area (Å²) in [6.07, 6.45) is 6.13. The zero-order valence-corrected chi connectivity index (χ0v) is 14.2. The first-order chi connectivity index (χ1) is 9.97. The fourth-order valence-corrected chi connectivity index (χ4v) is 5.61. The lowest BCUT2D eigenvalue weighted by molar-refractivity contribution is 0.198. The van der Waals surface area contributed by atoms with Crippen LogP contribution >= 0.6 is 11.8 Å². The summed E-state index contributed by atoms with van der Waals surface area (Å²) in [6, 6.07) is -0.0868. The van der Waals surface area contributed by atoms with Crippen LogP contribution in [0.3, 0.4) is 0 Å². The largest absolute Gasteiger partial charge is 0.329 e. The van der Waals surface area contributed by atoms with E-state index in [9.17, 15) is 8.42 Å². The van der Waals surface area contributed by atoms with Crippen molar-refractivity contribution in [2.45, 2.75) is 31.3 Å². The minimum atomic E-state index is -3.12. The molecule has 2 unspecified atom stereocenters. The topological polar surface area (TPSA) is 81.2 Å². The molecule has 1 aromatic rings. The molecule has 0 aliphatic carbocycles. The molecule has 1 aromatic heterocycles. The van der Waals surface area contributed by atoms with Gasteiger partial charge >= 0.3 is 0 Å². The number of rotatable bonds is 6. The summed E-state index contributed by atoms with van der Waals surface area (Å²) in [7, 11) is -3.12. The Kier molecular flexibility index (Phi) is 5.70. The van der Waals surface area contributed by atoms with Crippen molar-refractivity contribution in [1.82, 2.24) is 14.7 Å². The Morgan fingerprint density at radius 3 is 2.95 bits per heavy atom. The summed E-state index contributed by atoms with van der Waals surface area (Å²) in [5, 5.41) is 3.88. The molecule has 2 heterocycles. The molecule has 8 heteroatoms. The lowest BCUT2D eigenvalue weighted by Gasteiger charge is -2.39. The van der Waals surface area contributed by atoms with Gasteiger partial charge in [0.05, 0.1) is 12.2 Å². The Labute approximate surface area is 131 Å². The third-order valence-electron chi connectivity index (χ3n) is 3.73. The number of thioether (sulfide) groups is 1. The van der Waals surface area contributed by atoms with Crippen molar-refractivity contribution in [3.8, 4) is 0 Å². The monoisotopic (exact) mass is 332 g/mol. The molecule has 21 heavy (non-hydrogen) atoms. The molecule has 0 aromatic carbocycles. The van der Waals surface area contributed by atoms with Crippen molar-refractivity contribution in [2.75, 3.05) is 30.9 Å². The van der Waals surface area contributed by atoms with Gasteiger partial charge in [0.25, 0.3) is 0 Å². The van der Waals surface area contributed by atoms with Crippen LogP contribution in [0.25, 0.3) is 0 Å². The Morgan fingerprint density at radius 1 is 1.57 bits per heavy atom. The standard InChI is InChI=1S/C13H24N4O2S2/c1-3-4-16-9-11(8-15-16)12(7-14)17-5-6-20-10-13(17)21(2,18)19/h8-9,12-13H,3-7,10,14H2,1-2H3. The highest BCUT2D eigenvalue weighted by atomic mass is 32.2. The molecule has 0 radical (unpaired) electrons. The second-order valence-electron chi connectivity index (χ2n) is 5.39. The van der Waals surface area contributed by atoms with E-state index in [1.54, 1.807) is 11.8 Å². The summed E-state index contributed by atoms with van der Waals surface area (Å²) < 4.78 is 26.0. The molecule has 1 fully saturated rings. The van der Waals surface area contributed by atoms with Crippen LogP contribution < -0.4 is 5.73 Å². The number of aromatic nitrogens is 2. The van der Waals surface area contributed by atoms with Crippen molar-refractivity contribution >= 4 is 21.6 Å². The van der Waals surface area contributed by atoms with Crippen molar-refractivity contribution in [3.05, 3.63) is 18.0 Å². The van der Waals surface area contributed by atoms with E-state index in [1.165, 1.54) is 6.26 Å². The SMILES string of the molecule is CCCn1cc(C(CN)N2CCSCC2S(C)(=O)=O)cn1. The Hall–Kier alpha value is -0.570. The van der Waals surface area contributed by atoms with Crippen LogP contribution in [0.4, 0.5) is 0 Å². The van der Waals surface area contributed by atoms with Gasteiger partial charge in [-0.2, -0.15) is 16.9 Å². The van der Waals surface area contributed by atoms with Crippen LogP contribution in [0, 0.1) is 0 Å². The molecule has 0 spiro atoms. The number of hydrogen-bond acceptors (Lipinski definition) is 6. The number of nitrogens with zero attached hydrogens (tertiary/aromatic N) is 3. The van der Waals surface area contributed by atoms with Crippen LogP contribution in [0.5, 0.6) is 0 Å². The minimum absolute atomic E-state index is 0.0868. The molecule has 1 aliphatic rings. The van der Waals surface area contributed by atoms with E-state index < -0.39 is 15.2 Å².